The summed E-state index contributed by atoms with van der Waals surface area (Å²) in [4.78, 5) is 24.8. The summed E-state index contributed by atoms with van der Waals surface area (Å²) in [6.07, 6.45) is 9.31. The molecule has 0 aromatic carbocycles. The smallest absolute Gasteiger partial charge is 0.225 e. The van der Waals surface area contributed by atoms with E-state index in [1.54, 1.807) is 6.33 Å². The van der Waals surface area contributed by atoms with Crippen LogP contribution in [0.2, 0.25) is 0 Å². The molecule has 2 aromatic heterocycles. The Bertz CT molecular complexity index is 689. The van der Waals surface area contributed by atoms with Crippen LogP contribution >= 0.6 is 0 Å². The Labute approximate surface area is 148 Å². The number of aryl methyl sites for hydroxylation is 1. The molecular formula is C18H25N7. The highest BCUT2D eigenvalue weighted by Gasteiger charge is 2.21. The van der Waals surface area contributed by atoms with Gasteiger partial charge in [-0.05, 0) is 31.7 Å². The summed E-state index contributed by atoms with van der Waals surface area (Å²) in [7, 11) is 0. The zero-order chi connectivity index (χ0) is 17.1. The zero-order valence-corrected chi connectivity index (χ0v) is 14.8. The predicted octanol–water partition coefficient (Wildman–Crippen LogP) is 1.89. The number of anilines is 3. The van der Waals surface area contributed by atoms with Crippen LogP contribution in [0.4, 0.5) is 17.6 Å². The Morgan fingerprint density at radius 3 is 1.88 bits per heavy atom. The van der Waals surface area contributed by atoms with Crippen LogP contribution in [0.15, 0.2) is 24.8 Å². The summed E-state index contributed by atoms with van der Waals surface area (Å²) in [5, 5.41) is 0. The van der Waals surface area contributed by atoms with Gasteiger partial charge >= 0.3 is 0 Å². The second-order valence-corrected chi connectivity index (χ2v) is 6.82. The highest BCUT2D eigenvalue weighted by Crippen LogP contribution is 2.22. The van der Waals surface area contributed by atoms with Crippen LogP contribution in [0.3, 0.4) is 0 Å². The van der Waals surface area contributed by atoms with Crippen molar-refractivity contribution in [1.82, 2.24) is 19.9 Å². The van der Waals surface area contributed by atoms with Crippen LogP contribution in [0.1, 0.15) is 24.8 Å². The van der Waals surface area contributed by atoms with E-state index in [-0.39, 0.29) is 0 Å². The number of piperazine rings is 1. The molecule has 0 N–H and O–H groups in total. The average Bonchev–Trinajstić information content (AvgIpc) is 2.70. The molecule has 0 aliphatic carbocycles. The fourth-order valence-electron chi connectivity index (χ4n) is 3.49. The van der Waals surface area contributed by atoms with Crippen molar-refractivity contribution in [2.45, 2.75) is 26.2 Å². The Balaban J connectivity index is 1.41. The van der Waals surface area contributed by atoms with E-state index in [0.717, 1.165) is 62.4 Å². The summed E-state index contributed by atoms with van der Waals surface area (Å²) in [5.41, 5.74) is 1.09. The summed E-state index contributed by atoms with van der Waals surface area (Å²) < 4.78 is 0. The molecule has 0 atom stereocenters. The minimum atomic E-state index is 0.821. The first-order valence-corrected chi connectivity index (χ1v) is 9.15. The molecule has 0 bridgehead atoms. The van der Waals surface area contributed by atoms with Crippen LogP contribution in [0.5, 0.6) is 0 Å². The van der Waals surface area contributed by atoms with Crippen LogP contribution in [0, 0.1) is 6.92 Å². The molecule has 25 heavy (non-hydrogen) atoms. The number of nitrogens with zero attached hydrogens (tertiary/aromatic N) is 7. The van der Waals surface area contributed by atoms with Gasteiger partial charge in [-0.1, -0.05) is 0 Å². The monoisotopic (exact) mass is 339 g/mol. The molecule has 7 nitrogen and oxygen atoms in total. The summed E-state index contributed by atoms with van der Waals surface area (Å²) in [5.74, 6) is 2.91. The van der Waals surface area contributed by atoms with E-state index in [1.165, 1.54) is 19.3 Å². The predicted molar refractivity (Wildman–Crippen MR) is 99.3 cm³/mol. The Hall–Kier alpha value is -2.44. The largest absolute Gasteiger partial charge is 0.356 e. The van der Waals surface area contributed by atoms with E-state index in [2.05, 4.69) is 40.7 Å². The molecule has 132 valence electrons. The number of hydrogen-bond acceptors (Lipinski definition) is 7. The first-order chi connectivity index (χ1) is 12.3. The highest BCUT2D eigenvalue weighted by atomic mass is 15.3. The van der Waals surface area contributed by atoms with Crippen LogP contribution in [0.25, 0.3) is 0 Å². The molecule has 0 saturated carbocycles. The number of aromatic nitrogens is 4. The fourth-order valence-corrected chi connectivity index (χ4v) is 3.49. The van der Waals surface area contributed by atoms with Gasteiger partial charge in [0.05, 0.1) is 0 Å². The van der Waals surface area contributed by atoms with Crippen molar-refractivity contribution < 1.29 is 0 Å². The average molecular weight is 339 g/mol. The molecule has 4 rings (SSSR count). The number of hydrogen-bond donors (Lipinski definition) is 0. The van der Waals surface area contributed by atoms with Gasteiger partial charge in [0, 0.05) is 57.7 Å². The lowest BCUT2D eigenvalue weighted by Crippen LogP contribution is -2.47. The Kier molecular flexibility index (Phi) is 4.63. The SMILES string of the molecule is Cc1cnc(N2CCN(c3cc(N4CCCCC4)ncn3)CC2)nc1. The third-order valence-corrected chi connectivity index (χ3v) is 4.97. The molecule has 0 unspecified atom stereocenters. The van der Waals surface area contributed by atoms with Crippen molar-refractivity contribution >= 4 is 17.6 Å². The van der Waals surface area contributed by atoms with Gasteiger partial charge in [-0.2, -0.15) is 0 Å². The van der Waals surface area contributed by atoms with Crippen LogP contribution in [-0.4, -0.2) is 59.2 Å². The summed E-state index contributed by atoms with van der Waals surface area (Å²) in [6, 6.07) is 2.14. The quantitative estimate of drug-likeness (QED) is 0.846. The lowest BCUT2D eigenvalue weighted by molar-refractivity contribution is 0.572. The van der Waals surface area contributed by atoms with Crippen molar-refractivity contribution in [2.75, 3.05) is 54.0 Å². The minimum Gasteiger partial charge on any atom is -0.356 e. The molecule has 2 fully saturated rings. The molecule has 2 aliphatic heterocycles. The van der Waals surface area contributed by atoms with Gasteiger partial charge in [0.2, 0.25) is 5.95 Å². The van der Waals surface area contributed by atoms with Crippen LogP contribution < -0.4 is 14.7 Å². The maximum absolute atomic E-state index is 4.51. The van der Waals surface area contributed by atoms with Gasteiger partial charge in [0.1, 0.15) is 18.0 Å². The maximum Gasteiger partial charge on any atom is 0.225 e. The third-order valence-electron chi connectivity index (χ3n) is 4.97. The zero-order valence-electron chi connectivity index (χ0n) is 14.8. The van der Waals surface area contributed by atoms with E-state index >= 15 is 0 Å². The molecular weight excluding hydrogens is 314 g/mol. The molecule has 7 heteroatoms. The second-order valence-electron chi connectivity index (χ2n) is 6.82. The van der Waals surface area contributed by atoms with E-state index in [9.17, 15) is 0 Å². The molecule has 2 aliphatic rings. The van der Waals surface area contributed by atoms with Gasteiger partial charge in [-0.3, -0.25) is 0 Å². The van der Waals surface area contributed by atoms with Crippen molar-refractivity contribution in [1.29, 1.82) is 0 Å². The van der Waals surface area contributed by atoms with E-state index in [0.29, 0.717) is 0 Å². The summed E-state index contributed by atoms with van der Waals surface area (Å²) >= 11 is 0. The number of piperidine rings is 1. The molecule has 0 spiro atoms. The van der Waals surface area contributed by atoms with E-state index in [1.807, 2.05) is 19.3 Å². The van der Waals surface area contributed by atoms with Gasteiger partial charge < -0.3 is 14.7 Å². The summed E-state index contributed by atoms with van der Waals surface area (Å²) in [6.45, 7) is 7.89. The lowest BCUT2D eigenvalue weighted by atomic mass is 10.1. The van der Waals surface area contributed by atoms with Gasteiger partial charge in [0.15, 0.2) is 0 Å². The molecule has 2 aromatic rings. The third kappa shape index (κ3) is 3.65. The van der Waals surface area contributed by atoms with Gasteiger partial charge in [-0.15, -0.1) is 0 Å². The van der Waals surface area contributed by atoms with Crippen LogP contribution in [-0.2, 0) is 0 Å². The van der Waals surface area contributed by atoms with Gasteiger partial charge in [-0.25, -0.2) is 19.9 Å². The topological polar surface area (TPSA) is 61.3 Å². The molecule has 2 saturated heterocycles. The van der Waals surface area contributed by atoms with E-state index < -0.39 is 0 Å². The highest BCUT2D eigenvalue weighted by molar-refractivity contribution is 5.51. The maximum atomic E-state index is 4.51. The lowest BCUT2D eigenvalue weighted by Gasteiger charge is -2.36. The minimum absolute atomic E-state index is 0.821. The van der Waals surface area contributed by atoms with Crippen molar-refractivity contribution in [2.24, 2.45) is 0 Å². The Morgan fingerprint density at radius 2 is 1.24 bits per heavy atom. The molecule has 4 heterocycles. The first kappa shape index (κ1) is 16.1. The van der Waals surface area contributed by atoms with E-state index in [4.69, 9.17) is 0 Å². The molecule has 0 radical (unpaired) electrons. The Morgan fingerprint density at radius 1 is 0.680 bits per heavy atom. The van der Waals surface area contributed by atoms with Crippen molar-refractivity contribution in [3.8, 4) is 0 Å². The number of rotatable bonds is 3. The molecule has 0 amide bonds. The fraction of sp³-hybridized carbons (Fsp3) is 0.556. The van der Waals surface area contributed by atoms with Gasteiger partial charge in [0.25, 0.3) is 0 Å². The van der Waals surface area contributed by atoms with Crippen molar-refractivity contribution in [3.05, 3.63) is 30.4 Å². The van der Waals surface area contributed by atoms with Crippen molar-refractivity contribution in [3.63, 3.8) is 0 Å². The first-order valence-electron chi connectivity index (χ1n) is 9.15. The second kappa shape index (κ2) is 7.21. The standard InChI is InChI=1S/C18H25N7/c1-15-12-19-18(20-13-15)25-9-7-24(8-10-25)17-11-16(21-14-22-17)23-5-3-2-4-6-23/h11-14H,2-10H2,1H3. The normalized spacial score (nSPS) is 18.5.